The summed E-state index contributed by atoms with van der Waals surface area (Å²) in [6.07, 6.45) is 1.55. The summed E-state index contributed by atoms with van der Waals surface area (Å²) >= 11 is 7.69. The Labute approximate surface area is 154 Å². The lowest BCUT2D eigenvalue weighted by molar-refractivity contribution is -0.145. The van der Waals surface area contributed by atoms with Crippen LogP contribution in [0.2, 0.25) is 5.02 Å². The number of rotatable bonds is 8. The molecule has 134 valence electrons. The molecule has 0 saturated carbocycles. The molecule has 0 aliphatic rings. The molecule has 1 heterocycles. The zero-order chi connectivity index (χ0) is 18.2. The highest BCUT2D eigenvalue weighted by atomic mass is 35.5. The maximum absolute atomic E-state index is 11.4. The van der Waals surface area contributed by atoms with Gasteiger partial charge >= 0.3 is 5.97 Å². The molecule has 0 aliphatic heterocycles. The van der Waals surface area contributed by atoms with Gasteiger partial charge in [-0.2, -0.15) is 5.10 Å². The third-order valence-corrected chi connectivity index (χ3v) is 4.11. The molecule has 0 spiro atoms. The number of hydrogen-bond acceptors (Lipinski definition) is 8. The van der Waals surface area contributed by atoms with E-state index in [2.05, 4.69) is 15.5 Å². The van der Waals surface area contributed by atoms with Crippen molar-refractivity contribution in [1.29, 1.82) is 0 Å². The van der Waals surface area contributed by atoms with Gasteiger partial charge in [-0.05, 0) is 19.9 Å². The van der Waals surface area contributed by atoms with Crippen LogP contribution in [0, 0.1) is 6.92 Å². The first kappa shape index (κ1) is 19.0. The van der Waals surface area contributed by atoms with Crippen LogP contribution in [-0.2, 0) is 9.53 Å². The molecule has 0 saturated heterocycles. The highest BCUT2D eigenvalue weighted by molar-refractivity contribution is 7.13. The van der Waals surface area contributed by atoms with Crippen LogP contribution >= 0.6 is 22.9 Å². The zero-order valence-electron chi connectivity index (χ0n) is 14.0. The second-order valence-electron chi connectivity index (χ2n) is 4.78. The average molecular weight is 384 g/mol. The predicted octanol–water partition coefficient (Wildman–Crippen LogP) is 3.50. The van der Waals surface area contributed by atoms with E-state index in [1.165, 1.54) is 18.4 Å². The number of thiazole rings is 1. The average Bonchev–Trinajstić information content (AvgIpc) is 3.00. The quantitative estimate of drug-likeness (QED) is 0.427. The molecule has 1 aromatic heterocycles. The number of aryl methyl sites for hydroxylation is 1. The second-order valence-corrected chi connectivity index (χ2v) is 6.05. The lowest BCUT2D eigenvalue weighted by atomic mass is 10.2. The highest BCUT2D eigenvalue weighted by Crippen LogP contribution is 2.32. The van der Waals surface area contributed by atoms with Crippen molar-refractivity contribution in [2.24, 2.45) is 5.10 Å². The summed E-state index contributed by atoms with van der Waals surface area (Å²) in [5, 5.41) is 7.12. The van der Waals surface area contributed by atoms with Gasteiger partial charge in [-0.25, -0.2) is 9.78 Å². The van der Waals surface area contributed by atoms with Gasteiger partial charge in [-0.1, -0.05) is 11.6 Å². The minimum Gasteiger partial charge on any atom is -0.493 e. The first-order chi connectivity index (χ1) is 12.0. The van der Waals surface area contributed by atoms with Gasteiger partial charge in [-0.15, -0.1) is 11.3 Å². The van der Waals surface area contributed by atoms with Crippen molar-refractivity contribution in [3.63, 3.8) is 0 Å². The molecule has 0 bridgehead atoms. The number of aromatic nitrogens is 1. The van der Waals surface area contributed by atoms with E-state index in [1.807, 2.05) is 12.3 Å². The van der Waals surface area contributed by atoms with Gasteiger partial charge < -0.3 is 14.2 Å². The summed E-state index contributed by atoms with van der Waals surface area (Å²) in [5.41, 5.74) is 4.38. The minimum absolute atomic E-state index is 0.223. The molecule has 1 N–H and O–H groups in total. The van der Waals surface area contributed by atoms with Crippen LogP contribution in [0.25, 0.3) is 0 Å². The normalized spacial score (nSPS) is 10.7. The number of esters is 1. The summed E-state index contributed by atoms with van der Waals surface area (Å²) in [7, 11) is 1.50. The number of anilines is 1. The van der Waals surface area contributed by atoms with Gasteiger partial charge in [-0.3, -0.25) is 5.43 Å². The van der Waals surface area contributed by atoms with E-state index >= 15 is 0 Å². The summed E-state index contributed by atoms with van der Waals surface area (Å²) in [6, 6.07) is 3.23. The van der Waals surface area contributed by atoms with Gasteiger partial charge in [0.05, 0.1) is 30.6 Å². The minimum atomic E-state index is -0.464. The Morgan fingerprint density at radius 1 is 1.44 bits per heavy atom. The Bertz CT molecular complexity index is 764. The van der Waals surface area contributed by atoms with Crippen LogP contribution in [0.4, 0.5) is 5.13 Å². The molecule has 2 rings (SSSR count). The van der Waals surface area contributed by atoms with Gasteiger partial charge in [0.25, 0.3) is 0 Å². The van der Waals surface area contributed by atoms with Crippen molar-refractivity contribution in [1.82, 2.24) is 4.98 Å². The molecule has 0 amide bonds. The van der Waals surface area contributed by atoms with Crippen molar-refractivity contribution >= 4 is 40.3 Å². The van der Waals surface area contributed by atoms with Crippen LogP contribution in [0.15, 0.2) is 22.6 Å². The Hall–Kier alpha value is -2.32. The third kappa shape index (κ3) is 5.61. The first-order valence-electron chi connectivity index (χ1n) is 7.40. The molecule has 0 unspecified atom stereocenters. The standard InChI is InChI=1S/C16H18ClN3O4S/c1-4-23-15(21)8-24-14-6-12(17)11(5-13(14)22-3)7-18-20-16-19-10(2)9-25-16/h5-7,9H,4,8H2,1-3H3,(H,19,20). The lowest BCUT2D eigenvalue weighted by Gasteiger charge is -2.12. The predicted molar refractivity (Wildman–Crippen MR) is 98.2 cm³/mol. The summed E-state index contributed by atoms with van der Waals surface area (Å²) in [6.45, 7) is 3.70. The molecule has 9 heteroatoms. The number of methoxy groups -OCH3 is 1. The lowest BCUT2D eigenvalue weighted by Crippen LogP contribution is -2.15. The Morgan fingerprint density at radius 3 is 2.88 bits per heavy atom. The van der Waals surface area contributed by atoms with Crippen LogP contribution in [0.5, 0.6) is 11.5 Å². The summed E-state index contributed by atoms with van der Waals surface area (Å²) in [4.78, 5) is 15.6. The molecular weight excluding hydrogens is 366 g/mol. The van der Waals surface area contributed by atoms with Crippen LogP contribution in [0.3, 0.4) is 0 Å². The summed E-state index contributed by atoms with van der Waals surface area (Å²) in [5.74, 6) is 0.315. The molecular formula is C16H18ClN3O4S. The number of hydrazone groups is 1. The number of hydrogen-bond donors (Lipinski definition) is 1. The fourth-order valence-corrected chi connectivity index (χ4v) is 2.66. The van der Waals surface area contributed by atoms with E-state index in [1.54, 1.807) is 25.3 Å². The topological polar surface area (TPSA) is 82.0 Å². The largest absolute Gasteiger partial charge is 0.493 e. The van der Waals surface area contributed by atoms with Crippen molar-refractivity contribution < 1.29 is 19.0 Å². The smallest absolute Gasteiger partial charge is 0.344 e. The highest BCUT2D eigenvalue weighted by Gasteiger charge is 2.12. The van der Waals surface area contributed by atoms with E-state index in [4.69, 9.17) is 25.8 Å². The van der Waals surface area contributed by atoms with E-state index in [-0.39, 0.29) is 6.61 Å². The number of ether oxygens (including phenoxy) is 3. The van der Waals surface area contributed by atoms with E-state index in [0.29, 0.717) is 33.8 Å². The van der Waals surface area contributed by atoms with Gasteiger partial charge in [0, 0.05) is 17.0 Å². The SMILES string of the molecule is CCOC(=O)COc1cc(Cl)c(C=NNc2nc(C)cs2)cc1OC. The van der Waals surface area contributed by atoms with Crippen LogP contribution < -0.4 is 14.9 Å². The van der Waals surface area contributed by atoms with Gasteiger partial charge in [0.2, 0.25) is 5.13 Å². The van der Waals surface area contributed by atoms with Crippen LogP contribution in [0.1, 0.15) is 18.2 Å². The number of carbonyl (C=O) groups excluding carboxylic acids is 1. The number of halogens is 1. The monoisotopic (exact) mass is 383 g/mol. The molecule has 7 nitrogen and oxygen atoms in total. The summed E-state index contributed by atoms with van der Waals surface area (Å²) < 4.78 is 15.5. The number of carbonyl (C=O) groups is 1. The second kappa shape index (κ2) is 9.24. The van der Waals surface area contributed by atoms with E-state index < -0.39 is 5.97 Å². The first-order valence-corrected chi connectivity index (χ1v) is 8.66. The Balaban J connectivity index is 2.08. The molecule has 0 fully saturated rings. The van der Waals surface area contributed by atoms with E-state index in [0.717, 1.165) is 5.69 Å². The molecule has 0 atom stereocenters. The van der Waals surface area contributed by atoms with Crippen LogP contribution in [-0.4, -0.2) is 37.5 Å². The molecule has 25 heavy (non-hydrogen) atoms. The van der Waals surface area contributed by atoms with Crippen molar-refractivity contribution in [2.75, 3.05) is 25.7 Å². The van der Waals surface area contributed by atoms with Crippen molar-refractivity contribution in [3.8, 4) is 11.5 Å². The van der Waals surface area contributed by atoms with Crippen molar-refractivity contribution in [3.05, 3.63) is 33.8 Å². The molecule has 0 aliphatic carbocycles. The maximum Gasteiger partial charge on any atom is 0.344 e. The number of nitrogens with one attached hydrogen (secondary N) is 1. The molecule has 0 radical (unpaired) electrons. The third-order valence-electron chi connectivity index (χ3n) is 2.92. The molecule has 2 aromatic rings. The zero-order valence-corrected chi connectivity index (χ0v) is 15.6. The maximum atomic E-state index is 11.4. The van der Waals surface area contributed by atoms with Gasteiger partial charge in [0.1, 0.15) is 0 Å². The fourth-order valence-electron chi connectivity index (χ4n) is 1.82. The van der Waals surface area contributed by atoms with E-state index in [9.17, 15) is 4.79 Å². The molecule has 1 aromatic carbocycles. The van der Waals surface area contributed by atoms with Gasteiger partial charge in [0.15, 0.2) is 18.1 Å². The number of nitrogens with zero attached hydrogens (tertiary/aromatic N) is 2. The Kier molecular flexibility index (Phi) is 7.03. The van der Waals surface area contributed by atoms with Crippen molar-refractivity contribution in [2.45, 2.75) is 13.8 Å². The Morgan fingerprint density at radius 2 is 2.24 bits per heavy atom. The number of benzene rings is 1. The fraction of sp³-hybridized carbons (Fsp3) is 0.312.